The Bertz CT molecular complexity index is 738. The number of rotatable bonds is 3. The maximum absolute atomic E-state index is 5.36. The third-order valence-electron chi connectivity index (χ3n) is 2.99. The standard InChI is InChI=1S/C14H13N3S2/c1-2-10-5-3-6-11(9-10)17-13(15-16-14(17)18)12-7-4-8-19-12/h3-9H,2H2,1H3,(H,16,18). The molecule has 0 radical (unpaired) electrons. The molecule has 0 amide bonds. The Morgan fingerprint density at radius 3 is 2.95 bits per heavy atom. The predicted molar refractivity (Wildman–Crippen MR) is 81.4 cm³/mol. The molecule has 5 heteroatoms. The summed E-state index contributed by atoms with van der Waals surface area (Å²) < 4.78 is 2.61. The molecule has 96 valence electrons. The van der Waals surface area contributed by atoms with Crippen LogP contribution in [0.3, 0.4) is 0 Å². The zero-order chi connectivity index (χ0) is 13.2. The molecule has 2 heterocycles. The predicted octanol–water partition coefficient (Wildman–Crippen LogP) is 4.22. The van der Waals surface area contributed by atoms with Gasteiger partial charge in [0.1, 0.15) is 0 Å². The van der Waals surface area contributed by atoms with E-state index in [2.05, 4.69) is 47.5 Å². The average Bonchev–Trinajstić information content (AvgIpc) is 3.07. The zero-order valence-electron chi connectivity index (χ0n) is 10.5. The van der Waals surface area contributed by atoms with E-state index in [1.165, 1.54) is 5.56 Å². The van der Waals surface area contributed by atoms with E-state index < -0.39 is 0 Å². The van der Waals surface area contributed by atoms with Crippen LogP contribution in [0.25, 0.3) is 16.4 Å². The van der Waals surface area contributed by atoms with Crippen molar-refractivity contribution in [2.75, 3.05) is 0 Å². The molecule has 3 rings (SSSR count). The number of aryl methyl sites for hydroxylation is 1. The molecule has 0 aliphatic heterocycles. The molecule has 1 N–H and O–H groups in total. The van der Waals surface area contributed by atoms with Crippen molar-refractivity contribution in [2.45, 2.75) is 13.3 Å². The molecule has 0 atom stereocenters. The van der Waals surface area contributed by atoms with Crippen LogP contribution in [0.4, 0.5) is 0 Å². The van der Waals surface area contributed by atoms with Crippen LogP contribution in [0.15, 0.2) is 41.8 Å². The molecule has 19 heavy (non-hydrogen) atoms. The molecular formula is C14H13N3S2. The Morgan fingerprint density at radius 1 is 1.32 bits per heavy atom. The Labute approximate surface area is 120 Å². The molecule has 3 aromatic rings. The van der Waals surface area contributed by atoms with Crippen LogP contribution in [0.2, 0.25) is 0 Å². The number of nitrogens with zero attached hydrogens (tertiary/aromatic N) is 2. The van der Waals surface area contributed by atoms with E-state index in [1.807, 2.05) is 16.0 Å². The lowest BCUT2D eigenvalue weighted by Gasteiger charge is -2.07. The van der Waals surface area contributed by atoms with Gasteiger partial charge in [0.15, 0.2) is 10.6 Å². The third-order valence-corrected chi connectivity index (χ3v) is 4.13. The maximum Gasteiger partial charge on any atom is 0.200 e. The summed E-state index contributed by atoms with van der Waals surface area (Å²) in [6.45, 7) is 2.15. The van der Waals surface area contributed by atoms with Crippen LogP contribution in [0.1, 0.15) is 12.5 Å². The lowest BCUT2D eigenvalue weighted by Crippen LogP contribution is -1.97. The Morgan fingerprint density at radius 2 is 2.21 bits per heavy atom. The summed E-state index contributed by atoms with van der Waals surface area (Å²) in [7, 11) is 0. The van der Waals surface area contributed by atoms with Crippen molar-refractivity contribution in [3.8, 4) is 16.4 Å². The van der Waals surface area contributed by atoms with Gasteiger partial charge in [-0.1, -0.05) is 25.1 Å². The van der Waals surface area contributed by atoms with Crippen LogP contribution < -0.4 is 0 Å². The summed E-state index contributed by atoms with van der Waals surface area (Å²) >= 11 is 7.02. The van der Waals surface area contributed by atoms with Gasteiger partial charge >= 0.3 is 0 Å². The fourth-order valence-corrected chi connectivity index (χ4v) is 2.96. The van der Waals surface area contributed by atoms with Crippen LogP contribution in [0.5, 0.6) is 0 Å². The van der Waals surface area contributed by atoms with Gasteiger partial charge in [0.05, 0.1) is 10.6 Å². The molecule has 0 saturated heterocycles. The normalized spacial score (nSPS) is 10.8. The van der Waals surface area contributed by atoms with Gasteiger partial charge in [0, 0.05) is 0 Å². The van der Waals surface area contributed by atoms with Crippen LogP contribution >= 0.6 is 23.6 Å². The topological polar surface area (TPSA) is 33.6 Å². The monoisotopic (exact) mass is 287 g/mol. The molecular weight excluding hydrogens is 274 g/mol. The number of aromatic amines is 1. The highest BCUT2D eigenvalue weighted by molar-refractivity contribution is 7.71. The van der Waals surface area contributed by atoms with Crippen molar-refractivity contribution in [3.63, 3.8) is 0 Å². The van der Waals surface area contributed by atoms with E-state index >= 15 is 0 Å². The summed E-state index contributed by atoms with van der Waals surface area (Å²) in [6, 6.07) is 12.5. The van der Waals surface area contributed by atoms with Crippen molar-refractivity contribution < 1.29 is 0 Å². The van der Waals surface area contributed by atoms with E-state index in [-0.39, 0.29) is 0 Å². The Balaban J connectivity index is 2.19. The van der Waals surface area contributed by atoms with E-state index in [4.69, 9.17) is 12.2 Å². The molecule has 1 aromatic carbocycles. The van der Waals surface area contributed by atoms with Crippen molar-refractivity contribution in [1.82, 2.24) is 14.8 Å². The first-order chi connectivity index (χ1) is 9.29. The number of thiophene rings is 1. The zero-order valence-corrected chi connectivity index (χ0v) is 12.1. The van der Waals surface area contributed by atoms with Crippen molar-refractivity contribution >= 4 is 23.6 Å². The van der Waals surface area contributed by atoms with Crippen LogP contribution in [0, 0.1) is 4.77 Å². The van der Waals surface area contributed by atoms with Crippen LogP contribution in [-0.4, -0.2) is 14.8 Å². The number of aromatic nitrogens is 3. The molecule has 0 aliphatic carbocycles. The average molecular weight is 287 g/mol. The Kier molecular flexibility index (Phi) is 3.31. The van der Waals surface area contributed by atoms with Crippen molar-refractivity contribution in [1.29, 1.82) is 0 Å². The maximum atomic E-state index is 5.36. The van der Waals surface area contributed by atoms with Gasteiger partial charge in [-0.15, -0.1) is 11.3 Å². The van der Waals surface area contributed by atoms with Gasteiger partial charge in [-0.25, -0.2) is 0 Å². The number of hydrogen-bond acceptors (Lipinski definition) is 3. The van der Waals surface area contributed by atoms with Crippen LogP contribution in [-0.2, 0) is 6.42 Å². The number of H-pyrrole nitrogens is 1. The summed E-state index contributed by atoms with van der Waals surface area (Å²) in [5.74, 6) is 0.869. The molecule has 0 fully saturated rings. The van der Waals surface area contributed by atoms with Gasteiger partial charge in [-0.3, -0.25) is 9.67 Å². The summed E-state index contributed by atoms with van der Waals surface area (Å²) in [5.41, 5.74) is 2.35. The minimum absolute atomic E-state index is 0.622. The first kappa shape index (κ1) is 12.3. The van der Waals surface area contributed by atoms with Crippen molar-refractivity contribution in [3.05, 3.63) is 52.1 Å². The first-order valence-corrected chi connectivity index (χ1v) is 7.39. The molecule has 3 nitrogen and oxygen atoms in total. The summed E-state index contributed by atoms with van der Waals surface area (Å²) in [4.78, 5) is 1.11. The molecule has 2 aromatic heterocycles. The number of hydrogen-bond donors (Lipinski definition) is 1. The van der Waals surface area contributed by atoms with Gasteiger partial charge in [-0.2, -0.15) is 5.10 Å². The van der Waals surface area contributed by atoms with E-state index in [0.717, 1.165) is 22.8 Å². The lowest BCUT2D eigenvalue weighted by atomic mass is 10.1. The highest BCUT2D eigenvalue weighted by Crippen LogP contribution is 2.25. The minimum Gasteiger partial charge on any atom is -0.267 e. The smallest absolute Gasteiger partial charge is 0.200 e. The van der Waals surface area contributed by atoms with Gasteiger partial charge in [0.25, 0.3) is 0 Å². The second-order valence-corrected chi connectivity index (χ2v) is 5.52. The number of nitrogens with one attached hydrogen (secondary N) is 1. The quantitative estimate of drug-likeness (QED) is 0.732. The molecule has 0 aliphatic rings. The fourth-order valence-electron chi connectivity index (χ4n) is 2.02. The SMILES string of the molecule is CCc1cccc(-n2c(-c3cccs3)n[nH]c2=S)c1. The fraction of sp³-hybridized carbons (Fsp3) is 0.143. The van der Waals surface area contributed by atoms with Crippen molar-refractivity contribution in [2.24, 2.45) is 0 Å². The first-order valence-electron chi connectivity index (χ1n) is 6.10. The highest BCUT2D eigenvalue weighted by atomic mass is 32.1. The molecule has 0 spiro atoms. The third kappa shape index (κ3) is 2.27. The van der Waals surface area contributed by atoms with E-state index in [9.17, 15) is 0 Å². The lowest BCUT2D eigenvalue weighted by molar-refractivity contribution is 1.02. The van der Waals surface area contributed by atoms with Gasteiger partial charge in [-0.05, 0) is 47.8 Å². The van der Waals surface area contributed by atoms with Gasteiger partial charge < -0.3 is 0 Å². The second-order valence-electron chi connectivity index (χ2n) is 4.19. The molecule has 0 saturated carbocycles. The molecule has 0 unspecified atom stereocenters. The van der Waals surface area contributed by atoms with E-state index in [1.54, 1.807) is 11.3 Å². The van der Waals surface area contributed by atoms with E-state index in [0.29, 0.717) is 4.77 Å². The largest absolute Gasteiger partial charge is 0.267 e. The highest BCUT2D eigenvalue weighted by Gasteiger charge is 2.11. The Hall–Kier alpha value is -1.72. The summed E-state index contributed by atoms with van der Waals surface area (Å²) in [5, 5.41) is 9.27. The molecule has 0 bridgehead atoms. The second kappa shape index (κ2) is 5.11. The summed E-state index contributed by atoms with van der Waals surface area (Å²) in [6.07, 6.45) is 1.01. The van der Waals surface area contributed by atoms with Gasteiger partial charge in [0.2, 0.25) is 0 Å². The number of benzene rings is 1. The minimum atomic E-state index is 0.622.